The maximum Gasteiger partial charge on any atom is 0.305 e. The molecule has 3 rings (SSSR count). The zero-order valence-corrected chi connectivity index (χ0v) is 18.7. The summed E-state index contributed by atoms with van der Waals surface area (Å²) in [5.41, 5.74) is 1.85. The van der Waals surface area contributed by atoms with Gasteiger partial charge in [0.1, 0.15) is 4.32 Å². The van der Waals surface area contributed by atoms with Gasteiger partial charge in [-0.25, -0.2) is 0 Å². The summed E-state index contributed by atoms with van der Waals surface area (Å²) in [7, 11) is 1.69. The van der Waals surface area contributed by atoms with E-state index in [4.69, 9.17) is 17.0 Å². The largest absolute Gasteiger partial charge is 0.466 e. The number of fused-ring (bicyclic) bond motifs is 1. The number of hydrogen-bond acceptors (Lipinski definition) is 6. The normalized spacial score (nSPS) is 18.9. The molecule has 9 heteroatoms. The van der Waals surface area contributed by atoms with Crippen LogP contribution in [-0.4, -0.2) is 47.2 Å². The van der Waals surface area contributed by atoms with Gasteiger partial charge in [-0.15, -0.1) is 0 Å². The van der Waals surface area contributed by atoms with Crippen LogP contribution in [0.15, 0.2) is 27.6 Å². The second-order valence-electron chi connectivity index (χ2n) is 6.38. The second kappa shape index (κ2) is 8.75. The van der Waals surface area contributed by atoms with Crippen LogP contribution in [0.4, 0.5) is 5.69 Å². The average molecular weight is 483 g/mol. The molecule has 0 unspecified atom stereocenters. The zero-order chi connectivity index (χ0) is 20.4. The number of amides is 2. The third kappa shape index (κ3) is 4.01. The quantitative estimate of drug-likeness (QED) is 0.349. The van der Waals surface area contributed by atoms with Crippen LogP contribution in [0.25, 0.3) is 5.57 Å². The highest BCUT2D eigenvalue weighted by atomic mass is 79.9. The Balaban J connectivity index is 1.79. The van der Waals surface area contributed by atoms with Crippen molar-refractivity contribution in [2.75, 3.05) is 25.1 Å². The minimum atomic E-state index is -0.290. The Hall–Kier alpha value is -1.71. The monoisotopic (exact) mass is 482 g/mol. The minimum absolute atomic E-state index is 0.223. The Morgan fingerprint density at radius 1 is 1.29 bits per heavy atom. The molecular formula is C19H19BrN2O4S2. The van der Waals surface area contributed by atoms with Gasteiger partial charge in [0, 0.05) is 30.0 Å². The molecule has 0 aromatic heterocycles. The molecule has 0 aliphatic carbocycles. The third-order valence-electron chi connectivity index (χ3n) is 4.41. The van der Waals surface area contributed by atoms with Crippen LogP contribution in [0, 0.1) is 0 Å². The summed E-state index contributed by atoms with van der Waals surface area (Å²) in [6.45, 7) is 2.65. The molecule has 0 saturated carbocycles. The number of esters is 1. The highest BCUT2D eigenvalue weighted by Crippen LogP contribution is 2.44. The fraction of sp³-hybridized carbons (Fsp3) is 0.368. The van der Waals surface area contributed by atoms with Gasteiger partial charge < -0.3 is 9.64 Å². The number of carbonyl (C=O) groups is 3. The molecule has 2 amide bonds. The van der Waals surface area contributed by atoms with Crippen molar-refractivity contribution in [1.29, 1.82) is 0 Å². The van der Waals surface area contributed by atoms with Gasteiger partial charge >= 0.3 is 5.97 Å². The second-order valence-corrected chi connectivity index (χ2v) is 8.94. The Bertz CT molecular complexity index is 900. The van der Waals surface area contributed by atoms with Crippen molar-refractivity contribution >= 4 is 73.3 Å². The van der Waals surface area contributed by atoms with E-state index in [1.807, 2.05) is 25.1 Å². The van der Waals surface area contributed by atoms with Gasteiger partial charge in [0.2, 0.25) is 0 Å². The van der Waals surface area contributed by atoms with E-state index in [1.54, 1.807) is 7.05 Å². The van der Waals surface area contributed by atoms with E-state index in [0.717, 1.165) is 28.3 Å². The van der Waals surface area contributed by atoms with E-state index in [0.29, 0.717) is 39.9 Å². The zero-order valence-electron chi connectivity index (χ0n) is 15.5. The van der Waals surface area contributed by atoms with Crippen molar-refractivity contribution in [3.63, 3.8) is 0 Å². The first kappa shape index (κ1) is 21.0. The Kier molecular flexibility index (Phi) is 6.57. The van der Waals surface area contributed by atoms with Crippen molar-refractivity contribution in [2.24, 2.45) is 0 Å². The van der Waals surface area contributed by atoms with Gasteiger partial charge in [-0.1, -0.05) is 46.8 Å². The van der Waals surface area contributed by atoms with Crippen LogP contribution in [-0.2, 0) is 19.1 Å². The lowest BCUT2D eigenvalue weighted by atomic mass is 10.1. The van der Waals surface area contributed by atoms with E-state index in [2.05, 4.69) is 15.9 Å². The molecule has 0 radical (unpaired) electrons. The predicted octanol–water partition coefficient (Wildman–Crippen LogP) is 3.73. The van der Waals surface area contributed by atoms with Crippen molar-refractivity contribution in [3.05, 3.63) is 33.1 Å². The molecule has 6 nitrogen and oxygen atoms in total. The summed E-state index contributed by atoms with van der Waals surface area (Å²) < 4.78 is 6.27. The number of carbonyl (C=O) groups excluding carboxylic acids is 3. The number of hydrogen-bond donors (Lipinski definition) is 0. The van der Waals surface area contributed by atoms with Crippen LogP contribution in [0.5, 0.6) is 0 Å². The molecule has 1 fully saturated rings. The highest BCUT2D eigenvalue weighted by Gasteiger charge is 2.40. The van der Waals surface area contributed by atoms with E-state index in [-0.39, 0.29) is 24.2 Å². The number of nitrogens with zero attached hydrogens (tertiary/aromatic N) is 2. The van der Waals surface area contributed by atoms with Crippen LogP contribution >= 0.6 is 39.9 Å². The summed E-state index contributed by atoms with van der Waals surface area (Å²) in [6.07, 6.45) is 1.45. The standard InChI is InChI=1S/C19H19BrN2O4S2/c1-3-9-26-14(23)5-4-8-22-18(25)16(28-19(22)27)15-12-10-11(20)6-7-13(12)21(2)17(15)24/h6-7,10H,3-5,8-9H2,1-2H3/b16-15-. The van der Waals surface area contributed by atoms with E-state index < -0.39 is 0 Å². The SMILES string of the molecule is CCCOC(=O)CCCN1C(=O)/C(=C2/C(=O)N(C)c3ccc(Br)cc32)SC1=S. The number of rotatable bonds is 6. The summed E-state index contributed by atoms with van der Waals surface area (Å²) in [5.74, 6) is -0.796. The molecule has 28 heavy (non-hydrogen) atoms. The molecule has 1 saturated heterocycles. The summed E-state index contributed by atoms with van der Waals surface area (Å²) in [5, 5.41) is 0. The maximum atomic E-state index is 13.0. The van der Waals surface area contributed by atoms with E-state index in [9.17, 15) is 14.4 Å². The first-order valence-electron chi connectivity index (χ1n) is 8.86. The number of anilines is 1. The lowest BCUT2D eigenvalue weighted by molar-refractivity contribution is -0.144. The van der Waals surface area contributed by atoms with Crippen molar-refractivity contribution in [2.45, 2.75) is 26.2 Å². The molecule has 1 aromatic rings. The topological polar surface area (TPSA) is 66.9 Å². The molecule has 2 aliphatic rings. The number of likely N-dealkylation sites (N-methyl/N-ethyl adjacent to an activating group) is 1. The molecule has 0 spiro atoms. The van der Waals surface area contributed by atoms with Crippen LogP contribution < -0.4 is 4.90 Å². The Morgan fingerprint density at radius 3 is 2.75 bits per heavy atom. The smallest absolute Gasteiger partial charge is 0.305 e. The van der Waals surface area contributed by atoms with Gasteiger partial charge in [0.05, 0.1) is 22.8 Å². The molecule has 2 aliphatic heterocycles. The molecular weight excluding hydrogens is 464 g/mol. The molecule has 0 bridgehead atoms. The van der Waals surface area contributed by atoms with Gasteiger partial charge in [-0.2, -0.15) is 0 Å². The number of halogens is 1. The van der Waals surface area contributed by atoms with Crippen LogP contribution in [0.3, 0.4) is 0 Å². The Morgan fingerprint density at radius 2 is 2.04 bits per heavy atom. The number of ether oxygens (including phenoxy) is 1. The third-order valence-corrected chi connectivity index (χ3v) is 6.36. The minimum Gasteiger partial charge on any atom is -0.466 e. The maximum absolute atomic E-state index is 13.0. The first-order chi connectivity index (χ1) is 13.3. The summed E-state index contributed by atoms with van der Waals surface area (Å²) >= 11 is 9.91. The van der Waals surface area contributed by atoms with Gasteiger partial charge in [0.15, 0.2) is 0 Å². The predicted molar refractivity (Wildman–Crippen MR) is 117 cm³/mol. The van der Waals surface area contributed by atoms with Crippen LogP contribution in [0.2, 0.25) is 0 Å². The lowest BCUT2D eigenvalue weighted by Gasteiger charge is -2.14. The molecule has 0 atom stereocenters. The van der Waals surface area contributed by atoms with Crippen molar-refractivity contribution in [3.8, 4) is 0 Å². The van der Waals surface area contributed by atoms with Crippen molar-refractivity contribution < 1.29 is 19.1 Å². The first-order valence-corrected chi connectivity index (χ1v) is 10.9. The van der Waals surface area contributed by atoms with Gasteiger partial charge in [-0.05, 0) is 31.0 Å². The number of benzene rings is 1. The van der Waals surface area contributed by atoms with Gasteiger partial charge in [0.25, 0.3) is 11.8 Å². The fourth-order valence-corrected chi connectivity index (χ4v) is 4.77. The lowest BCUT2D eigenvalue weighted by Crippen LogP contribution is -2.30. The van der Waals surface area contributed by atoms with Crippen molar-refractivity contribution in [1.82, 2.24) is 4.90 Å². The average Bonchev–Trinajstić information content (AvgIpc) is 3.07. The van der Waals surface area contributed by atoms with Crippen LogP contribution in [0.1, 0.15) is 31.7 Å². The molecule has 1 aromatic carbocycles. The highest BCUT2D eigenvalue weighted by molar-refractivity contribution is 9.10. The summed E-state index contributed by atoms with van der Waals surface area (Å²) in [6, 6.07) is 5.53. The van der Waals surface area contributed by atoms with Gasteiger partial charge in [-0.3, -0.25) is 19.3 Å². The van der Waals surface area contributed by atoms with E-state index in [1.165, 1.54) is 9.80 Å². The molecule has 148 valence electrons. The number of thioether (sulfide) groups is 1. The number of thiocarbonyl (C=S) groups is 1. The molecule has 2 heterocycles. The van der Waals surface area contributed by atoms with E-state index >= 15 is 0 Å². The Labute approximate surface area is 181 Å². The molecule has 0 N–H and O–H groups in total. The summed E-state index contributed by atoms with van der Waals surface area (Å²) in [4.78, 5) is 40.7. The fourth-order valence-electron chi connectivity index (χ4n) is 3.02.